The average molecular weight is 1080 g/mol. The lowest BCUT2D eigenvalue weighted by molar-refractivity contribution is -0.142. The summed E-state index contributed by atoms with van der Waals surface area (Å²) in [6.45, 7) is 5.21. The Labute approximate surface area is 459 Å². The fraction of sp³-hybridized carbons (Fsp3) is 0.593. The Morgan fingerprint density at radius 2 is 1.40 bits per heavy atom. The number of hydrogen-bond acceptors (Lipinski definition) is 13. The minimum Gasteiger partial charge on any atom is -0.480 e. The van der Waals surface area contributed by atoms with E-state index in [1.165, 1.54) is 22.4 Å². The molecule has 7 N–H and O–H groups in total. The molecular weight excluding hydrogens is 997 g/mol. The van der Waals surface area contributed by atoms with E-state index in [2.05, 4.69) is 83.9 Å². The molecule has 7 rings (SSSR count). The second-order valence-electron chi connectivity index (χ2n) is 22.4. The van der Waals surface area contributed by atoms with Crippen LogP contribution in [0.5, 0.6) is 0 Å². The molecule has 1 aliphatic heterocycles. The smallest absolute Gasteiger partial charge is 0.319 e. The van der Waals surface area contributed by atoms with Gasteiger partial charge in [0.05, 0.1) is 31.9 Å². The van der Waals surface area contributed by atoms with Crippen molar-refractivity contribution in [2.24, 2.45) is 22.4 Å². The second kappa shape index (κ2) is 27.5. The number of benzene rings is 2. The lowest BCUT2D eigenvalue weighted by atomic mass is 9.51. The number of aliphatic carboxylic acids is 4. The van der Waals surface area contributed by atoms with Gasteiger partial charge in [-0.25, -0.2) is 4.79 Å². The number of oxime groups is 1. The summed E-state index contributed by atoms with van der Waals surface area (Å²) >= 11 is 0. The van der Waals surface area contributed by atoms with Gasteiger partial charge in [0, 0.05) is 95.2 Å². The first-order valence-corrected chi connectivity index (χ1v) is 27.8. The molecule has 5 aliphatic rings. The largest absolute Gasteiger partial charge is 0.480 e. The van der Waals surface area contributed by atoms with Crippen molar-refractivity contribution in [2.75, 3.05) is 109 Å². The number of anilines is 2. The van der Waals surface area contributed by atoms with Crippen molar-refractivity contribution in [3.8, 4) is 11.8 Å². The number of amides is 2. The van der Waals surface area contributed by atoms with Crippen molar-refractivity contribution in [1.82, 2.24) is 24.9 Å². The van der Waals surface area contributed by atoms with Gasteiger partial charge in [-0.3, -0.25) is 38.8 Å². The number of nitrogens with zero attached hydrogens (tertiary/aromatic N) is 6. The maximum absolute atomic E-state index is 12.9. The van der Waals surface area contributed by atoms with Gasteiger partial charge in [-0.05, 0) is 142 Å². The number of rotatable bonds is 21. The van der Waals surface area contributed by atoms with Crippen LogP contribution in [0, 0.1) is 29.1 Å². The number of nitrogens with one attached hydrogen (secondary N) is 2. The zero-order valence-electron chi connectivity index (χ0n) is 46.1. The van der Waals surface area contributed by atoms with Gasteiger partial charge >= 0.3 is 29.9 Å². The molecule has 0 spiro atoms. The van der Waals surface area contributed by atoms with E-state index in [1.54, 1.807) is 37.3 Å². The minimum atomic E-state index is -1.09. The Bertz CT molecular complexity index is 2590. The van der Waals surface area contributed by atoms with Gasteiger partial charge in [-0.2, -0.15) is 0 Å². The van der Waals surface area contributed by atoms with Crippen molar-refractivity contribution in [1.29, 1.82) is 0 Å². The van der Waals surface area contributed by atoms with E-state index < -0.39 is 35.5 Å². The summed E-state index contributed by atoms with van der Waals surface area (Å²) in [6.07, 6.45) is 12.5. The van der Waals surface area contributed by atoms with Crippen LogP contribution in [-0.4, -0.2) is 192 Å². The summed E-state index contributed by atoms with van der Waals surface area (Å²) < 4.78 is 0. The van der Waals surface area contributed by atoms with Crippen LogP contribution in [0.15, 0.2) is 76.5 Å². The molecule has 0 bridgehead atoms. The predicted molar refractivity (Wildman–Crippen MR) is 299 cm³/mol. The van der Waals surface area contributed by atoms with Gasteiger partial charge in [-0.15, -0.1) is 5.92 Å². The lowest BCUT2D eigenvalue weighted by Gasteiger charge is -2.53. The van der Waals surface area contributed by atoms with E-state index in [-0.39, 0.29) is 89.4 Å². The molecule has 19 nitrogen and oxygen atoms in total. The van der Waals surface area contributed by atoms with Gasteiger partial charge < -0.3 is 45.9 Å². The first kappa shape index (κ1) is 59.4. The number of carbonyl (C=O) groups excluding carboxylic acids is 1. The molecule has 19 heteroatoms. The Morgan fingerprint density at radius 1 is 0.769 bits per heavy atom. The summed E-state index contributed by atoms with van der Waals surface area (Å²) in [7, 11) is 4.13. The zero-order chi connectivity index (χ0) is 56.0. The Hall–Kier alpha value is -6.30. The van der Waals surface area contributed by atoms with Crippen LogP contribution in [0.3, 0.4) is 0 Å². The van der Waals surface area contributed by atoms with Crippen LogP contribution in [0.4, 0.5) is 16.2 Å². The zero-order valence-corrected chi connectivity index (χ0v) is 46.1. The average Bonchev–Trinajstić information content (AvgIpc) is 3.82. The van der Waals surface area contributed by atoms with Crippen LogP contribution < -0.4 is 15.5 Å². The van der Waals surface area contributed by atoms with Crippen molar-refractivity contribution in [3.63, 3.8) is 0 Å². The predicted octanol–water partition coefficient (Wildman–Crippen LogP) is 6.06. The van der Waals surface area contributed by atoms with Crippen LogP contribution in [-0.2, 0) is 30.4 Å². The molecule has 2 saturated carbocycles. The van der Waals surface area contributed by atoms with Gasteiger partial charge in [0.25, 0.3) is 0 Å². The molecule has 424 valence electrons. The summed E-state index contributed by atoms with van der Waals surface area (Å²) in [5, 5.41) is 61.3. The number of urea groups is 1. The molecule has 2 amide bonds. The molecule has 2 aromatic rings. The van der Waals surface area contributed by atoms with Gasteiger partial charge in [0.1, 0.15) is 12.2 Å². The highest BCUT2D eigenvalue weighted by Crippen LogP contribution is 2.66. The normalized spacial score (nSPS) is 25.9. The maximum atomic E-state index is 12.9. The molecule has 1 heterocycles. The van der Waals surface area contributed by atoms with E-state index in [0.29, 0.717) is 37.1 Å². The summed E-state index contributed by atoms with van der Waals surface area (Å²) in [6, 6.07) is 15.3. The number of unbranched alkanes of at least 4 members (excludes halogenated alkanes) is 3. The van der Waals surface area contributed by atoms with Crippen molar-refractivity contribution < 1.29 is 54.3 Å². The standard InChI is InChI=1S/C59H82N8O11/c1-5-23-59(77)24-22-51-49-20-14-43-34-45(17-21-48(43)56(49)50(35-58(51,59)2)42-12-18-46(19-13-42)63(3)4)62-78-32-9-7-6-8-25-60-57(76)61-44-15-10-41(11-16-44)33-47-36-66(39-54(72)73)29-28-64(37-52(68)69)26-27-65(38-53(70)71)30-31-67(47)40-55(74)75/h10-13,15-16,18-19,34,47,49-51,77H,6-9,14,17,20-22,24-33,35-40H2,1-4H3,(H,68,69)(H,70,71)(H,72,73)(H,74,75)(H2,60,61,76)/b62-45-/t47?,49-,50+,51-,58-,59-/m0/s1. The van der Waals surface area contributed by atoms with Crippen LogP contribution in [0.2, 0.25) is 0 Å². The molecular formula is C59H82N8O11. The number of hydrogen-bond donors (Lipinski definition) is 7. The highest BCUT2D eigenvalue weighted by molar-refractivity contribution is 5.97. The van der Waals surface area contributed by atoms with E-state index in [1.807, 2.05) is 19.1 Å². The third kappa shape index (κ3) is 15.7. The van der Waals surface area contributed by atoms with E-state index in [4.69, 9.17) is 4.84 Å². The van der Waals surface area contributed by atoms with Crippen LogP contribution in [0.1, 0.15) is 102 Å². The monoisotopic (exact) mass is 1080 g/mol. The molecule has 3 fully saturated rings. The van der Waals surface area contributed by atoms with Crippen LogP contribution >= 0.6 is 0 Å². The number of allylic oxidation sites excluding steroid dienone is 4. The fourth-order valence-corrected chi connectivity index (χ4v) is 13.0. The third-order valence-electron chi connectivity index (χ3n) is 16.9. The van der Waals surface area contributed by atoms with E-state index in [9.17, 15) is 49.5 Å². The number of aliphatic hydroxyl groups is 1. The molecule has 4 aliphatic carbocycles. The quantitative estimate of drug-likeness (QED) is 0.0426. The third-order valence-corrected chi connectivity index (χ3v) is 16.9. The minimum absolute atomic E-state index is 0.155. The number of carboxylic acid groups (broad SMARTS) is 4. The number of carboxylic acids is 4. The Balaban J connectivity index is 0.876. The lowest BCUT2D eigenvalue weighted by Crippen LogP contribution is -2.53. The molecule has 6 atom stereocenters. The van der Waals surface area contributed by atoms with Gasteiger partial charge in [-0.1, -0.05) is 54.3 Å². The summed E-state index contributed by atoms with van der Waals surface area (Å²) in [5.74, 6) is 3.08. The molecule has 1 unspecified atom stereocenters. The fourth-order valence-electron chi connectivity index (χ4n) is 13.0. The number of fused-ring (bicyclic) bond motifs is 4. The summed E-state index contributed by atoms with van der Waals surface area (Å²) in [4.78, 5) is 75.1. The van der Waals surface area contributed by atoms with E-state index in [0.717, 1.165) is 81.9 Å². The number of carbonyl (C=O) groups is 5. The van der Waals surface area contributed by atoms with Crippen molar-refractivity contribution in [2.45, 2.75) is 108 Å². The highest BCUT2D eigenvalue weighted by Gasteiger charge is 2.62. The molecule has 1 saturated heterocycles. The van der Waals surface area contributed by atoms with Crippen LogP contribution in [0.25, 0.3) is 0 Å². The molecule has 0 radical (unpaired) electrons. The van der Waals surface area contributed by atoms with Crippen molar-refractivity contribution in [3.05, 3.63) is 82.5 Å². The molecule has 2 aromatic carbocycles. The Kier molecular flexibility index (Phi) is 21.0. The van der Waals surface area contributed by atoms with Crippen molar-refractivity contribution >= 4 is 47.0 Å². The Morgan fingerprint density at radius 3 is 2.04 bits per heavy atom. The summed E-state index contributed by atoms with van der Waals surface area (Å²) in [5.41, 5.74) is 8.01. The first-order chi connectivity index (χ1) is 37.3. The second-order valence-corrected chi connectivity index (χ2v) is 22.4. The topological polar surface area (TPSA) is 248 Å². The van der Waals surface area contributed by atoms with Gasteiger partial charge in [0.2, 0.25) is 0 Å². The molecule has 78 heavy (non-hydrogen) atoms. The first-order valence-electron chi connectivity index (χ1n) is 27.8. The SMILES string of the molecule is CC#C[C@]1(O)CC[C@H]2[C@@H]3CCC4=C/C(=N\OCCCCCCNC(=O)Nc5ccc(CC6CN(CC(=O)O)CCN(CC(=O)O)CCN(CC(=O)O)CCN6CC(=O)O)cc5)CCC4=C3[C@@H](c3ccc(N(C)C)cc3)C[C@@]21C. The van der Waals surface area contributed by atoms with E-state index >= 15 is 0 Å². The maximum Gasteiger partial charge on any atom is 0.319 e. The molecule has 0 aromatic heterocycles. The highest BCUT2D eigenvalue weighted by atomic mass is 16.6. The van der Waals surface area contributed by atoms with Gasteiger partial charge in [0.15, 0.2) is 0 Å².